The van der Waals surface area contributed by atoms with Crippen molar-refractivity contribution < 1.29 is 32.7 Å². The van der Waals surface area contributed by atoms with Crippen molar-refractivity contribution in [1.29, 1.82) is 0 Å². The Kier molecular flexibility index (Phi) is 7.20. The standard InChI is InChI=1S/C9H18N.Y/c1-3-5-9(10-2)8-6-4-7-8;/h8-9H,3-7H2,1-2H3;/q-1;. The Morgan fingerprint density at radius 2 is 2.09 bits per heavy atom. The van der Waals surface area contributed by atoms with E-state index in [0.717, 1.165) is 5.92 Å². The van der Waals surface area contributed by atoms with Crippen LogP contribution in [0.5, 0.6) is 0 Å². The summed E-state index contributed by atoms with van der Waals surface area (Å²) in [6.45, 7) is 2.25. The fourth-order valence-corrected chi connectivity index (χ4v) is 1.70. The predicted octanol–water partition coefficient (Wildman–Crippen LogP) is 2.96. The topological polar surface area (TPSA) is 14.1 Å². The van der Waals surface area contributed by atoms with Crippen molar-refractivity contribution in [2.24, 2.45) is 5.92 Å². The zero-order chi connectivity index (χ0) is 7.40. The summed E-state index contributed by atoms with van der Waals surface area (Å²) >= 11 is 0. The molecule has 1 nitrogen and oxygen atoms in total. The van der Waals surface area contributed by atoms with Crippen molar-refractivity contribution in [3.05, 3.63) is 5.32 Å². The Balaban J connectivity index is 0.000001000. The van der Waals surface area contributed by atoms with Gasteiger partial charge in [0, 0.05) is 32.7 Å². The van der Waals surface area contributed by atoms with Crippen molar-refractivity contribution in [2.75, 3.05) is 7.05 Å². The maximum absolute atomic E-state index is 4.40. The molecular weight excluding hydrogens is 211 g/mol. The molecule has 63 valence electrons. The van der Waals surface area contributed by atoms with Crippen LogP contribution in [-0.4, -0.2) is 13.1 Å². The molecule has 0 amide bonds. The third kappa shape index (κ3) is 3.52. The summed E-state index contributed by atoms with van der Waals surface area (Å²) in [6, 6.07) is 0.693. The Morgan fingerprint density at radius 3 is 2.36 bits per heavy atom. The molecule has 0 heterocycles. The monoisotopic (exact) mass is 229 g/mol. The van der Waals surface area contributed by atoms with E-state index in [1.807, 2.05) is 7.05 Å². The quantitative estimate of drug-likeness (QED) is 0.703. The number of nitrogens with zero attached hydrogens (tertiary/aromatic N) is 1. The van der Waals surface area contributed by atoms with E-state index in [4.69, 9.17) is 0 Å². The first-order chi connectivity index (χ1) is 4.88. The SMILES string of the molecule is CCCC([N-]C)C1CCC1.[Y]. The Hall–Kier alpha value is 1.06. The van der Waals surface area contributed by atoms with Crippen molar-refractivity contribution in [3.8, 4) is 0 Å². The largest absolute Gasteiger partial charge is 0.662 e. The van der Waals surface area contributed by atoms with E-state index in [2.05, 4.69) is 12.2 Å². The number of rotatable bonds is 4. The van der Waals surface area contributed by atoms with E-state index in [9.17, 15) is 0 Å². The molecule has 2 heteroatoms. The van der Waals surface area contributed by atoms with Crippen LogP contribution in [-0.2, 0) is 32.7 Å². The van der Waals surface area contributed by atoms with Gasteiger partial charge in [-0.1, -0.05) is 44.9 Å². The van der Waals surface area contributed by atoms with E-state index in [0.29, 0.717) is 6.04 Å². The third-order valence-corrected chi connectivity index (χ3v) is 2.61. The summed E-state index contributed by atoms with van der Waals surface area (Å²) < 4.78 is 0. The fourth-order valence-electron chi connectivity index (χ4n) is 1.70. The number of hydrogen-bond acceptors (Lipinski definition) is 0. The van der Waals surface area contributed by atoms with Crippen LogP contribution in [0.15, 0.2) is 0 Å². The van der Waals surface area contributed by atoms with Crippen molar-refractivity contribution in [1.82, 2.24) is 0 Å². The Morgan fingerprint density at radius 1 is 1.45 bits per heavy atom. The van der Waals surface area contributed by atoms with Crippen LogP contribution < -0.4 is 0 Å². The van der Waals surface area contributed by atoms with E-state index >= 15 is 0 Å². The van der Waals surface area contributed by atoms with Crippen LogP contribution in [0.1, 0.15) is 39.0 Å². The molecule has 1 fully saturated rings. The average Bonchev–Trinajstić information content (AvgIpc) is 1.83. The zero-order valence-electron chi connectivity index (χ0n) is 7.71. The molecular formula is C9H18NY-. The average molecular weight is 229 g/mol. The maximum atomic E-state index is 4.40. The van der Waals surface area contributed by atoms with Gasteiger partial charge >= 0.3 is 0 Å². The zero-order valence-corrected chi connectivity index (χ0v) is 10.6. The summed E-state index contributed by atoms with van der Waals surface area (Å²) in [6.07, 6.45) is 6.91. The summed E-state index contributed by atoms with van der Waals surface area (Å²) in [5.41, 5.74) is 0. The molecule has 0 aromatic carbocycles. The van der Waals surface area contributed by atoms with Gasteiger partial charge in [-0.2, -0.15) is 7.05 Å². The van der Waals surface area contributed by atoms with Gasteiger partial charge in [0.05, 0.1) is 0 Å². The van der Waals surface area contributed by atoms with Crippen molar-refractivity contribution >= 4 is 0 Å². The summed E-state index contributed by atoms with van der Waals surface area (Å²) in [5, 5.41) is 4.40. The molecule has 1 unspecified atom stereocenters. The van der Waals surface area contributed by atoms with Gasteiger partial charge in [-0.3, -0.25) is 0 Å². The summed E-state index contributed by atoms with van der Waals surface area (Å²) in [5.74, 6) is 0.949. The van der Waals surface area contributed by atoms with Crippen LogP contribution in [0.25, 0.3) is 5.32 Å². The van der Waals surface area contributed by atoms with E-state index in [-0.39, 0.29) is 32.7 Å². The molecule has 0 aromatic rings. The van der Waals surface area contributed by atoms with Gasteiger partial charge in [0.25, 0.3) is 0 Å². The second kappa shape index (κ2) is 6.57. The van der Waals surface area contributed by atoms with Crippen molar-refractivity contribution in [2.45, 2.75) is 45.1 Å². The van der Waals surface area contributed by atoms with Crippen LogP contribution in [0, 0.1) is 5.92 Å². The third-order valence-electron chi connectivity index (χ3n) is 2.61. The molecule has 1 aliphatic rings. The molecule has 11 heavy (non-hydrogen) atoms. The molecule has 1 saturated carbocycles. The normalized spacial score (nSPS) is 20.2. The predicted molar refractivity (Wildman–Crippen MR) is 45.3 cm³/mol. The van der Waals surface area contributed by atoms with E-state index < -0.39 is 0 Å². The van der Waals surface area contributed by atoms with Gasteiger partial charge in [0.15, 0.2) is 0 Å². The first-order valence-corrected chi connectivity index (χ1v) is 4.47. The summed E-state index contributed by atoms with van der Waals surface area (Å²) in [4.78, 5) is 0. The fraction of sp³-hybridized carbons (Fsp3) is 1.00. The van der Waals surface area contributed by atoms with Gasteiger partial charge in [-0.15, -0.1) is 6.04 Å². The molecule has 0 N–H and O–H groups in total. The summed E-state index contributed by atoms with van der Waals surface area (Å²) in [7, 11) is 1.97. The molecule has 0 aliphatic heterocycles. The molecule has 0 spiro atoms. The molecule has 0 aromatic heterocycles. The maximum Gasteiger partial charge on any atom is 0 e. The molecule has 0 bridgehead atoms. The Labute approximate surface area is 95.6 Å². The van der Waals surface area contributed by atoms with Crippen LogP contribution in [0.2, 0.25) is 0 Å². The smallest absolute Gasteiger partial charge is 0 e. The molecule has 1 radical (unpaired) electrons. The van der Waals surface area contributed by atoms with Gasteiger partial charge in [-0.25, -0.2) is 0 Å². The van der Waals surface area contributed by atoms with Gasteiger partial charge < -0.3 is 5.32 Å². The second-order valence-electron chi connectivity index (χ2n) is 3.31. The minimum Gasteiger partial charge on any atom is -0.662 e. The van der Waals surface area contributed by atoms with Crippen molar-refractivity contribution in [3.63, 3.8) is 0 Å². The van der Waals surface area contributed by atoms with Gasteiger partial charge in [0.1, 0.15) is 0 Å². The minimum atomic E-state index is 0. The molecule has 1 aliphatic carbocycles. The van der Waals surface area contributed by atoms with Crippen LogP contribution in [0.3, 0.4) is 0 Å². The first kappa shape index (κ1) is 12.1. The first-order valence-electron chi connectivity index (χ1n) is 4.47. The molecule has 1 rings (SSSR count). The molecule has 0 saturated heterocycles. The number of hydrogen-bond donors (Lipinski definition) is 0. The minimum absolute atomic E-state index is 0. The molecule has 1 atom stereocenters. The Bertz CT molecular complexity index is 91.6. The van der Waals surface area contributed by atoms with Gasteiger partial charge in [0.2, 0.25) is 0 Å². The van der Waals surface area contributed by atoms with E-state index in [1.165, 1.54) is 32.1 Å². The van der Waals surface area contributed by atoms with Crippen LogP contribution >= 0.6 is 0 Å². The van der Waals surface area contributed by atoms with Crippen LogP contribution in [0.4, 0.5) is 0 Å². The second-order valence-corrected chi connectivity index (χ2v) is 3.31. The van der Waals surface area contributed by atoms with Gasteiger partial charge in [-0.05, 0) is 0 Å². The van der Waals surface area contributed by atoms with E-state index in [1.54, 1.807) is 0 Å².